The molecule has 1 heterocycles. The minimum atomic E-state index is -0.210. The first-order valence-corrected chi connectivity index (χ1v) is 14.9. The van der Waals surface area contributed by atoms with Crippen LogP contribution in [0.2, 0.25) is 0 Å². The van der Waals surface area contributed by atoms with Crippen molar-refractivity contribution in [2.24, 2.45) is 0 Å². The molecule has 0 bridgehead atoms. The maximum absolute atomic E-state index is 13.6. The molecule has 5 nitrogen and oxygen atoms in total. The van der Waals surface area contributed by atoms with Gasteiger partial charge in [-0.1, -0.05) is 115 Å². The molecular weight excluding hydrogens is 544 g/mol. The number of hydrogen-bond donors (Lipinski definition) is 1. The number of benzene rings is 5. The number of para-hydroxylation sites is 1. The lowest BCUT2D eigenvalue weighted by molar-refractivity contribution is -0.121. The van der Waals surface area contributed by atoms with Crippen LogP contribution in [0.1, 0.15) is 40.2 Å². The van der Waals surface area contributed by atoms with E-state index in [-0.39, 0.29) is 18.2 Å². The van der Waals surface area contributed by atoms with Crippen molar-refractivity contribution in [1.29, 1.82) is 0 Å². The number of nitrogens with one attached hydrogen (secondary N) is 1. The predicted octanol–water partition coefficient (Wildman–Crippen LogP) is 8.12. The normalized spacial score (nSPS) is 11.7. The fourth-order valence-electron chi connectivity index (χ4n) is 5.68. The maximum atomic E-state index is 13.6. The summed E-state index contributed by atoms with van der Waals surface area (Å²) < 4.78 is 14.3. The largest absolute Gasteiger partial charge is 0.493 e. The van der Waals surface area contributed by atoms with Gasteiger partial charge in [0, 0.05) is 42.5 Å². The monoisotopic (exact) mass is 580 g/mol. The standard InChI is InChI=1S/C39H36N2O3/c1-43-37-22-21-32(23-38(37)44-28-31-17-9-4-10-18-31)34(24-39(42)40-25-29-13-5-2-6-14-29)35-27-41(26-30-15-7-3-8-16-30)36-20-12-11-19-33(35)36/h2-23,27,34H,24-26,28H2,1H3,(H,40,42). The van der Waals surface area contributed by atoms with E-state index in [0.717, 1.165) is 39.7 Å². The number of rotatable bonds is 12. The molecule has 0 radical (unpaired) electrons. The summed E-state index contributed by atoms with van der Waals surface area (Å²) in [6.07, 6.45) is 2.50. The zero-order chi connectivity index (χ0) is 30.1. The van der Waals surface area contributed by atoms with Gasteiger partial charge in [-0.2, -0.15) is 0 Å². The van der Waals surface area contributed by atoms with Gasteiger partial charge >= 0.3 is 0 Å². The third kappa shape index (κ3) is 6.84. The fourth-order valence-corrected chi connectivity index (χ4v) is 5.68. The van der Waals surface area contributed by atoms with Crippen molar-refractivity contribution in [3.63, 3.8) is 0 Å². The Hall–Kier alpha value is -5.29. The molecule has 5 heteroatoms. The summed E-state index contributed by atoms with van der Waals surface area (Å²) in [7, 11) is 1.65. The number of carbonyl (C=O) groups excluding carboxylic acids is 1. The minimum absolute atomic E-state index is 0.0127. The number of aromatic nitrogens is 1. The van der Waals surface area contributed by atoms with E-state index < -0.39 is 0 Å². The van der Waals surface area contributed by atoms with Crippen molar-refractivity contribution in [2.75, 3.05) is 7.11 Å². The number of carbonyl (C=O) groups is 1. The minimum Gasteiger partial charge on any atom is -0.493 e. The van der Waals surface area contributed by atoms with E-state index in [1.807, 2.05) is 84.9 Å². The van der Waals surface area contributed by atoms with Gasteiger partial charge in [-0.05, 0) is 46.0 Å². The molecule has 1 aromatic heterocycles. The lowest BCUT2D eigenvalue weighted by Crippen LogP contribution is -2.25. The average Bonchev–Trinajstić information content (AvgIpc) is 3.44. The first-order chi connectivity index (χ1) is 21.7. The number of fused-ring (bicyclic) bond motifs is 1. The average molecular weight is 581 g/mol. The summed E-state index contributed by atoms with van der Waals surface area (Å²) in [4.78, 5) is 13.6. The van der Waals surface area contributed by atoms with E-state index in [4.69, 9.17) is 9.47 Å². The van der Waals surface area contributed by atoms with Crippen LogP contribution < -0.4 is 14.8 Å². The highest BCUT2D eigenvalue weighted by Gasteiger charge is 2.24. The second-order valence-corrected chi connectivity index (χ2v) is 10.9. The Labute approximate surface area is 258 Å². The Morgan fingerprint density at radius 1 is 0.727 bits per heavy atom. The maximum Gasteiger partial charge on any atom is 0.221 e. The molecule has 6 aromatic rings. The summed E-state index contributed by atoms with van der Waals surface area (Å²) in [6, 6.07) is 45.0. The predicted molar refractivity (Wildman–Crippen MR) is 176 cm³/mol. The molecule has 1 unspecified atom stereocenters. The van der Waals surface area contributed by atoms with Gasteiger partial charge in [-0.15, -0.1) is 0 Å². The molecule has 1 N–H and O–H groups in total. The molecule has 0 aliphatic carbocycles. The van der Waals surface area contributed by atoms with Crippen LogP contribution in [0, 0.1) is 0 Å². The molecule has 0 saturated carbocycles. The van der Waals surface area contributed by atoms with E-state index >= 15 is 0 Å². The third-order valence-electron chi connectivity index (χ3n) is 7.94. The van der Waals surface area contributed by atoms with E-state index in [2.05, 4.69) is 64.6 Å². The fraction of sp³-hybridized carbons (Fsp3) is 0.154. The zero-order valence-electron chi connectivity index (χ0n) is 24.9. The highest BCUT2D eigenvalue weighted by atomic mass is 16.5. The van der Waals surface area contributed by atoms with Crippen LogP contribution in [0.15, 0.2) is 140 Å². The molecule has 1 amide bonds. The number of methoxy groups -OCH3 is 1. The molecule has 0 saturated heterocycles. The van der Waals surface area contributed by atoms with Crippen LogP contribution in [0.3, 0.4) is 0 Å². The Balaban J connectivity index is 1.37. The Kier molecular flexibility index (Phi) is 9.03. The van der Waals surface area contributed by atoms with Gasteiger partial charge in [0.2, 0.25) is 5.91 Å². The van der Waals surface area contributed by atoms with Crippen LogP contribution >= 0.6 is 0 Å². The Morgan fingerprint density at radius 2 is 1.36 bits per heavy atom. The molecule has 220 valence electrons. The summed E-state index contributed by atoms with van der Waals surface area (Å²) in [5.41, 5.74) is 6.59. The Bertz CT molecular complexity index is 1810. The quantitative estimate of drug-likeness (QED) is 0.159. The van der Waals surface area contributed by atoms with Crippen LogP contribution in [-0.2, 0) is 24.5 Å². The van der Waals surface area contributed by atoms with Crippen LogP contribution in [-0.4, -0.2) is 17.6 Å². The highest BCUT2D eigenvalue weighted by molar-refractivity contribution is 5.87. The molecule has 6 rings (SSSR count). The van der Waals surface area contributed by atoms with Gasteiger partial charge in [-0.3, -0.25) is 4.79 Å². The summed E-state index contributed by atoms with van der Waals surface area (Å²) in [5, 5.41) is 4.28. The highest BCUT2D eigenvalue weighted by Crippen LogP contribution is 2.39. The van der Waals surface area contributed by atoms with E-state index in [1.165, 1.54) is 5.56 Å². The van der Waals surface area contributed by atoms with Crippen LogP contribution in [0.25, 0.3) is 10.9 Å². The van der Waals surface area contributed by atoms with Crippen molar-refractivity contribution in [2.45, 2.75) is 32.0 Å². The van der Waals surface area contributed by atoms with Crippen molar-refractivity contribution in [3.8, 4) is 11.5 Å². The molecular formula is C39H36N2O3. The van der Waals surface area contributed by atoms with Gasteiger partial charge in [0.1, 0.15) is 6.61 Å². The van der Waals surface area contributed by atoms with E-state index in [0.29, 0.717) is 24.7 Å². The number of nitrogens with zero attached hydrogens (tertiary/aromatic N) is 1. The van der Waals surface area contributed by atoms with Crippen molar-refractivity contribution in [1.82, 2.24) is 9.88 Å². The molecule has 0 fully saturated rings. The Morgan fingerprint density at radius 3 is 2.07 bits per heavy atom. The second kappa shape index (κ2) is 13.8. The molecule has 0 aliphatic heterocycles. The lowest BCUT2D eigenvalue weighted by Gasteiger charge is -2.20. The van der Waals surface area contributed by atoms with Gasteiger partial charge in [0.15, 0.2) is 11.5 Å². The molecule has 5 aromatic carbocycles. The van der Waals surface area contributed by atoms with Gasteiger partial charge in [0.25, 0.3) is 0 Å². The van der Waals surface area contributed by atoms with Crippen molar-refractivity contribution in [3.05, 3.63) is 167 Å². The van der Waals surface area contributed by atoms with Crippen LogP contribution in [0.5, 0.6) is 11.5 Å². The summed E-state index contributed by atoms with van der Waals surface area (Å²) >= 11 is 0. The first-order valence-electron chi connectivity index (χ1n) is 14.9. The smallest absolute Gasteiger partial charge is 0.221 e. The number of hydrogen-bond acceptors (Lipinski definition) is 3. The zero-order valence-corrected chi connectivity index (χ0v) is 24.9. The topological polar surface area (TPSA) is 52.5 Å². The number of ether oxygens (including phenoxy) is 2. The molecule has 44 heavy (non-hydrogen) atoms. The van der Waals surface area contributed by atoms with Gasteiger partial charge in [0.05, 0.1) is 7.11 Å². The van der Waals surface area contributed by atoms with Crippen molar-refractivity contribution >= 4 is 16.8 Å². The van der Waals surface area contributed by atoms with Gasteiger partial charge < -0.3 is 19.4 Å². The summed E-state index contributed by atoms with van der Waals surface area (Å²) in [5.74, 6) is 1.08. The molecule has 0 aliphatic rings. The lowest BCUT2D eigenvalue weighted by atomic mass is 9.87. The van der Waals surface area contributed by atoms with Crippen molar-refractivity contribution < 1.29 is 14.3 Å². The van der Waals surface area contributed by atoms with E-state index in [9.17, 15) is 4.79 Å². The third-order valence-corrected chi connectivity index (χ3v) is 7.94. The molecule has 1 atom stereocenters. The molecule has 0 spiro atoms. The van der Waals surface area contributed by atoms with Gasteiger partial charge in [-0.25, -0.2) is 0 Å². The van der Waals surface area contributed by atoms with E-state index in [1.54, 1.807) is 7.11 Å². The first kappa shape index (κ1) is 28.8. The number of amides is 1. The summed E-state index contributed by atoms with van der Waals surface area (Å²) in [6.45, 7) is 1.64. The SMILES string of the molecule is COc1ccc(C(CC(=O)NCc2ccccc2)c2cn(Cc3ccccc3)c3ccccc23)cc1OCc1ccccc1. The second-order valence-electron chi connectivity index (χ2n) is 10.9. The van der Waals surface area contributed by atoms with Crippen LogP contribution in [0.4, 0.5) is 0 Å².